The number of aryl methyl sites for hydroxylation is 2. The van der Waals surface area contributed by atoms with E-state index in [1.165, 1.54) is 11.3 Å². The first-order valence-electron chi connectivity index (χ1n) is 9.77. The van der Waals surface area contributed by atoms with Gasteiger partial charge in [0.2, 0.25) is 0 Å². The molecule has 0 radical (unpaired) electrons. The molecular formula is C24H21N3O2S. The van der Waals surface area contributed by atoms with Crippen LogP contribution in [0.25, 0.3) is 10.2 Å². The van der Waals surface area contributed by atoms with E-state index < -0.39 is 6.17 Å². The van der Waals surface area contributed by atoms with Gasteiger partial charge in [0.1, 0.15) is 21.6 Å². The van der Waals surface area contributed by atoms with Gasteiger partial charge >= 0.3 is 0 Å². The largest absolute Gasteiger partial charge is 0.496 e. The molecule has 0 fully saturated rings. The van der Waals surface area contributed by atoms with E-state index in [-0.39, 0.29) is 5.91 Å². The smallest absolute Gasteiger partial charge is 0.272 e. The Labute approximate surface area is 178 Å². The molecule has 0 bridgehead atoms. The van der Waals surface area contributed by atoms with Crippen LogP contribution in [0.3, 0.4) is 0 Å². The van der Waals surface area contributed by atoms with Crippen LogP contribution in [-0.2, 0) is 0 Å². The highest BCUT2D eigenvalue weighted by atomic mass is 32.1. The summed E-state index contributed by atoms with van der Waals surface area (Å²) in [6.07, 6.45) is -0.401. The molecule has 2 aromatic heterocycles. The topological polar surface area (TPSA) is 54.5 Å². The van der Waals surface area contributed by atoms with E-state index in [2.05, 4.69) is 23.3 Å². The van der Waals surface area contributed by atoms with Gasteiger partial charge in [-0.25, -0.2) is 4.98 Å². The van der Waals surface area contributed by atoms with Crippen LogP contribution in [0.1, 0.15) is 32.7 Å². The zero-order valence-corrected chi connectivity index (χ0v) is 17.8. The Kier molecular flexibility index (Phi) is 4.44. The highest BCUT2D eigenvalue weighted by Gasteiger charge is 2.38. The Bertz CT molecular complexity index is 1270. The maximum atomic E-state index is 13.8. The summed E-state index contributed by atoms with van der Waals surface area (Å²) in [5, 5.41) is 4.66. The Hall–Kier alpha value is -3.38. The van der Waals surface area contributed by atoms with Gasteiger partial charge in [-0.1, -0.05) is 36.4 Å². The fourth-order valence-corrected chi connectivity index (χ4v) is 5.32. The number of anilines is 2. The normalized spacial score (nSPS) is 15.8. The Morgan fingerprint density at radius 3 is 2.57 bits per heavy atom. The second-order valence-corrected chi connectivity index (χ2v) is 8.37. The zero-order valence-electron chi connectivity index (χ0n) is 17.0. The first-order valence-corrected chi connectivity index (χ1v) is 10.6. The van der Waals surface area contributed by atoms with Crippen molar-refractivity contribution in [2.45, 2.75) is 20.0 Å². The molecule has 0 saturated carbocycles. The quantitative estimate of drug-likeness (QED) is 0.467. The van der Waals surface area contributed by atoms with Crippen LogP contribution < -0.4 is 15.0 Å². The highest BCUT2D eigenvalue weighted by Crippen LogP contribution is 2.46. The van der Waals surface area contributed by atoms with Crippen molar-refractivity contribution >= 4 is 38.8 Å². The molecule has 0 aliphatic carbocycles. The summed E-state index contributed by atoms with van der Waals surface area (Å²) in [5.74, 6) is 0.698. The van der Waals surface area contributed by atoms with Gasteiger partial charge in [0.25, 0.3) is 5.91 Å². The summed E-state index contributed by atoms with van der Waals surface area (Å²) in [4.78, 5) is 21.8. The van der Waals surface area contributed by atoms with Gasteiger partial charge in [0.05, 0.1) is 12.8 Å². The number of ether oxygens (including phenoxy) is 1. The summed E-state index contributed by atoms with van der Waals surface area (Å²) in [7, 11) is 1.65. The lowest BCUT2D eigenvalue weighted by Crippen LogP contribution is -2.42. The molecule has 30 heavy (non-hydrogen) atoms. The molecule has 1 amide bonds. The van der Waals surface area contributed by atoms with Crippen LogP contribution in [0.4, 0.5) is 11.4 Å². The third-order valence-electron chi connectivity index (χ3n) is 5.41. The van der Waals surface area contributed by atoms with Crippen molar-refractivity contribution in [3.05, 3.63) is 82.4 Å². The lowest BCUT2D eigenvalue weighted by atomic mass is 10.0. The van der Waals surface area contributed by atoms with Crippen LogP contribution >= 0.6 is 11.3 Å². The number of nitrogens with one attached hydrogen (secondary N) is 1. The van der Waals surface area contributed by atoms with Gasteiger partial charge in [-0.05, 0) is 43.7 Å². The van der Waals surface area contributed by atoms with Crippen molar-refractivity contribution in [2.75, 3.05) is 17.3 Å². The molecule has 2 aromatic carbocycles. The van der Waals surface area contributed by atoms with E-state index in [0.29, 0.717) is 4.88 Å². The number of rotatable bonds is 3. The maximum Gasteiger partial charge on any atom is 0.272 e. The summed E-state index contributed by atoms with van der Waals surface area (Å²) in [5.41, 5.74) is 4.65. The molecule has 150 valence electrons. The number of nitrogens with zero attached hydrogens (tertiary/aromatic N) is 2. The van der Waals surface area contributed by atoms with Crippen molar-refractivity contribution in [3.8, 4) is 5.75 Å². The number of hydrogen-bond donors (Lipinski definition) is 1. The molecule has 6 heteroatoms. The number of methoxy groups -OCH3 is 1. The lowest BCUT2D eigenvalue weighted by molar-refractivity contribution is 0.0979. The molecule has 1 aliphatic heterocycles. The highest BCUT2D eigenvalue weighted by molar-refractivity contribution is 7.21. The van der Waals surface area contributed by atoms with Gasteiger partial charge in [0.15, 0.2) is 0 Å². The summed E-state index contributed by atoms with van der Waals surface area (Å²) < 4.78 is 5.63. The number of hydrogen-bond acceptors (Lipinski definition) is 5. The molecule has 0 spiro atoms. The SMILES string of the molecule is COc1ccccc1[C@H]1Nc2c(sc3nc(C)cc(C)c23)C(=O)N1c1ccccc1. The monoisotopic (exact) mass is 415 g/mol. The Morgan fingerprint density at radius 1 is 1.07 bits per heavy atom. The van der Waals surface area contributed by atoms with E-state index >= 15 is 0 Å². The molecule has 1 atom stereocenters. The molecule has 1 aliphatic rings. The molecule has 0 saturated heterocycles. The van der Waals surface area contributed by atoms with E-state index in [9.17, 15) is 4.79 Å². The van der Waals surface area contributed by atoms with Crippen LogP contribution in [0, 0.1) is 13.8 Å². The predicted octanol–water partition coefficient (Wildman–Crippen LogP) is 5.69. The van der Waals surface area contributed by atoms with Gasteiger partial charge in [-0.2, -0.15) is 0 Å². The first-order chi connectivity index (χ1) is 14.6. The van der Waals surface area contributed by atoms with Crippen molar-refractivity contribution in [3.63, 3.8) is 0 Å². The average molecular weight is 416 g/mol. The minimum Gasteiger partial charge on any atom is -0.496 e. The number of aromatic nitrogens is 1. The number of benzene rings is 2. The summed E-state index contributed by atoms with van der Waals surface area (Å²) >= 11 is 1.45. The number of amides is 1. The van der Waals surface area contributed by atoms with Crippen molar-refractivity contribution in [1.82, 2.24) is 4.98 Å². The summed E-state index contributed by atoms with van der Waals surface area (Å²) in [6.45, 7) is 4.05. The third kappa shape index (κ3) is 2.83. The second kappa shape index (κ2) is 7.15. The Morgan fingerprint density at radius 2 is 1.80 bits per heavy atom. The Balaban J connectivity index is 1.76. The molecule has 5 rings (SSSR count). The molecular weight excluding hydrogens is 394 g/mol. The fraction of sp³-hybridized carbons (Fsp3) is 0.167. The minimum absolute atomic E-state index is 0.0362. The van der Waals surface area contributed by atoms with E-state index in [4.69, 9.17) is 4.74 Å². The predicted molar refractivity (Wildman–Crippen MR) is 122 cm³/mol. The van der Waals surface area contributed by atoms with Crippen LogP contribution in [0.2, 0.25) is 0 Å². The van der Waals surface area contributed by atoms with Gasteiger partial charge in [-0.3, -0.25) is 9.69 Å². The number of carbonyl (C=O) groups is 1. The van der Waals surface area contributed by atoms with Gasteiger partial charge in [0, 0.05) is 22.3 Å². The molecule has 5 nitrogen and oxygen atoms in total. The number of pyridine rings is 1. The van der Waals surface area contributed by atoms with Crippen molar-refractivity contribution in [2.24, 2.45) is 0 Å². The maximum absolute atomic E-state index is 13.8. The standard InChI is InChI=1S/C24H21N3O2S/c1-14-13-15(2)25-23-19(14)20-21(30-23)24(28)27(16-9-5-4-6-10-16)22(26-20)17-11-7-8-12-18(17)29-3/h4-13,22,26H,1-3H3/t22-/m0/s1. The van der Waals surface area contributed by atoms with E-state index in [1.54, 1.807) is 12.0 Å². The number of carbonyl (C=O) groups excluding carboxylic acids is 1. The van der Waals surface area contributed by atoms with Crippen molar-refractivity contribution < 1.29 is 9.53 Å². The molecule has 0 unspecified atom stereocenters. The van der Waals surface area contributed by atoms with Crippen LogP contribution in [-0.4, -0.2) is 18.0 Å². The van der Waals surface area contributed by atoms with Crippen molar-refractivity contribution in [1.29, 1.82) is 0 Å². The molecule has 4 aromatic rings. The molecule has 1 N–H and O–H groups in total. The second-order valence-electron chi connectivity index (χ2n) is 7.37. The first kappa shape index (κ1) is 18.6. The minimum atomic E-state index is -0.401. The van der Waals surface area contributed by atoms with Crippen LogP contribution in [0.5, 0.6) is 5.75 Å². The average Bonchev–Trinajstić information content (AvgIpc) is 3.13. The fourth-order valence-electron chi connectivity index (χ4n) is 4.12. The number of thiophene rings is 1. The zero-order chi connectivity index (χ0) is 20.8. The van der Waals surface area contributed by atoms with E-state index in [1.807, 2.05) is 61.5 Å². The van der Waals surface area contributed by atoms with E-state index in [0.717, 1.165) is 44.2 Å². The number of fused-ring (bicyclic) bond motifs is 3. The van der Waals surface area contributed by atoms with Gasteiger partial charge < -0.3 is 10.1 Å². The summed E-state index contributed by atoms with van der Waals surface area (Å²) in [6, 6.07) is 19.6. The van der Waals surface area contributed by atoms with Gasteiger partial charge in [-0.15, -0.1) is 11.3 Å². The molecule has 3 heterocycles. The lowest BCUT2D eigenvalue weighted by Gasteiger charge is -2.37. The van der Waals surface area contributed by atoms with Crippen LogP contribution in [0.15, 0.2) is 60.7 Å². The third-order valence-corrected chi connectivity index (χ3v) is 6.48. The number of para-hydroxylation sites is 2.